The van der Waals surface area contributed by atoms with E-state index < -0.39 is 0 Å². The Balaban J connectivity index is 1.27. The summed E-state index contributed by atoms with van der Waals surface area (Å²) in [5.41, 5.74) is 15.1. The van der Waals surface area contributed by atoms with E-state index in [2.05, 4.69) is 226 Å². The van der Waals surface area contributed by atoms with Gasteiger partial charge in [0.15, 0.2) is 5.82 Å². The summed E-state index contributed by atoms with van der Waals surface area (Å²) in [6.45, 7) is 0. The summed E-state index contributed by atoms with van der Waals surface area (Å²) in [5.74, 6) is 0.680. The number of aromatic nitrogens is 5. The third-order valence-corrected chi connectivity index (χ3v) is 12.6. The molecule has 0 amide bonds. The normalized spacial score (nSPS) is 11.8. The second kappa shape index (κ2) is 14.0. The summed E-state index contributed by atoms with van der Waals surface area (Å²) in [5, 5.41) is 7.13. The zero-order valence-electron chi connectivity index (χ0n) is 34.1. The van der Waals surface area contributed by atoms with Gasteiger partial charge in [0.05, 0.1) is 44.5 Å². The summed E-state index contributed by atoms with van der Waals surface area (Å²) in [7, 11) is 0. The lowest BCUT2D eigenvalue weighted by atomic mass is 10.0. The van der Waals surface area contributed by atoms with E-state index in [0.29, 0.717) is 5.82 Å². The molecule has 5 nitrogen and oxygen atoms in total. The summed E-state index contributed by atoms with van der Waals surface area (Å²) >= 11 is 0. The van der Waals surface area contributed by atoms with E-state index in [1.165, 1.54) is 32.4 Å². The smallest absolute Gasteiger partial charge is 0.160 e. The molecular weight excluding hydrogens is 767 g/mol. The van der Waals surface area contributed by atoms with Crippen molar-refractivity contribution < 1.29 is 0 Å². The van der Waals surface area contributed by atoms with Crippen LogP contribution >= 0.6 is 0 Å². The third-order valence-electron chi connectivity index (χ3n) is 12.6. The average Bonchev–Trinajstić information content (AvgIpc) is 4.01. The molecule has 0 saturated heterocycles. The molecule has 294 valence electrons. The van der Waals surface area contributed by atoms with E-state index in [9.17, 15) is 0 Å². The Labute approximate surface area is 363 Å². The largest absolute Gasteiger partial charge is 0.308 e. The van der Waals surface area contributed by atoms with Gasteiger partial charge in [0, 0.05) is 66.1 Å². The van der Waals surface area contributed by atoms with Crippen molar-refractivity contribution in [1.82, 2.24) is 23.7 Å². The number of para-hydroxylation sites is 5. The molecule has 4 aromatic heterocycles. The summed E-state index contributed by atoms with van der Waals surface area (Å²) < 4.78 is 7.46. The molecule has 63 heavy (non-hydrogen) atoms. The Kier molecular flexibility index (Phi) is 7.84. The summed E-state index contributed by atoms with van der Waals surface area (Å²) in [4.78, 5) is 10.6. The molecule has 0 radical (unpaired) electrons. The van der Waals surface area contributed by atoms with Gasteiger partial charge >= 0.3 is 0 Å². The van der Waals surface area contributed by atoms with Gasteiger partial charge in [-0.3, -0.25) is 0 Å². The van der Waals surface area contributed by atoms with Crippen LogP contribution in [0.4, 0.5) is 0 Å². The van der Waals surface area contributed by atoms with Gasteiger partial charge in [-0.05, 0) is 72.8 Å². The first-order valence-corrected chi connectivity index (χ1v) is 21.4. The molecule has 0 N–H and O–H groups in total. The van der Waals surface area contributed by atoms with Gasteiger partial charge < -0.3 is 13.7 Å². The van der Waals surface area contributed by atoms with Crippen LogP contribution in [0.15, 0.2) is 224 Å². The van der Waals surface area contributed by atoms with Crippen molar-refractivity contribution in [2.24, 2.45) is 0 Å². The lowest BCUT2D eigenvalue weighted by molar-refractivity contribution is 1.17. The number of hydrogen-bond acceptors (Lipinski definition) is 2. The molecule has 0 spiro atoms. The molecule has 0 saturated carbocycles. The molecule has 0 aliphatic carbocycles. The van der Waals surface area contributed by atoms with Gasteiger partial charge in [-0.1, -0.05) is 152 Å². The Bertz CT molecular complexity index is 3770. The second-order valence-corrected chi connectivity index (χ2v) is 16.1. The Morgan fingerprint density at radius 3 is 1.05 bits per heavy atom. The number of nitrogens with zero attached hydrogens (tertiary/aromatic N) is 5. The minimum atomic E-state index is 0.680. The lowest BCUT2D eigenvalue weighted by Crippen LogP contribution is -1.97. The van der Waals surface area contributed by atoms with Crippen LogP contribution in [0, 0.1) is 0 Å². The Morgan fingerprint density at radius 1 is 0.270 bits per heavy atom. The van der Waals surface area contributed by atoms with E-state index >= 15 is 0 Å². The molecule has 5 heteroatoms. The molecule has 13 aromatic rings. The van der Waals surface area contributed by atoms with Gasteiger partial charge in [-0.25, -0.2) is 9.97 Å². The highest BCUT2D eigenvalue weighted by atomic mass is 15.0. The first-order valence-electron chi connectivity index (χ1n) is 21.4. The van der Waals surface area contributed by atoms with E-state index in [1.54, 1.807) is 0 Å². The first-order chi connectivity index (χ1) is 31.3. The Morgan fingerprint density at radius 2 is 0.619 bits per heavy atom. The molecule has 0 fully saturated rings. The maximum Gasteiger partial charge on any atom is 0.160 e. The second-order valence-electron chi connectivity index (χ2n) is 16.1. The molecular formula is C58H37N5. The highest BCUT2D eigenvalue weighted by molar-refractivity contribution is 6.40. The van der Waals surface area contributed by atoms with Crippen LogP contribution in [-0.4, -0.2) is 23.7 Å². The van der Waals surface area contributed by atoms with Crippen molar-refractivity contribution >= 4 is 65.4 Å². The van der Waals surface area contributed by atoms with Crippen LogP contribution < -0.4 is 0 Å². The molecule has 0 unspecified atom stereocenters. The van der Waals surface area contributed by atoms with Crippen LogP contribution in [-0.2, 0) is 0 Å². The fourth-order valence-corrected chi connectivity index (χ4v) is 9.97. The van der Waals surface area contributed by atoms with Gasteiger partial charge in [0.1, 0.15) is 0 Å². The van der Waals surface area contributed by atoms with Gasteiger partial charge in [0.25, 0.3) is 0 Å². The van der Waals surface area contributed by atoms with Gasteiger partial charge in [-0.2, -0.15) is 0 Å². The molecule has 4 heterocycles. The molecule has 9 aromatic carbocycles. The number of hydrogen-bond donors (Lipinski definition) is 0. The number of fused-ring (bicyclic) bond motifs is 12. The minimum Gasteiger partial charge on any atom is -0.308 e. The van der Waals surface area contributed by atoms with Crippen molar-refractivity contribution in [3.63, 3.8) is 0 Å². The topological polar surface area (TPSA) is 40.6 Å². The van der Waals surface area contributed by atoms with Crippen LogP contribution in [0.25, 0.3) is 116 Å². The monoisotopic (exact) mass is 803 g/mol. The molecule has 0 aliphatic rings. The van der Waals surface area contributed by atoms with Crippen molar-refractivity contribution in [2.75, 3.05) is 0 Å². The fourth-order valence-electron chi connectivity index (χ4n) is 9.97. The SMILES string of the molecule is c1ccc(-c2cc(-c3ccccc3)nc(-c3ccc4c(c3)c3c5c(c6ccccc6n5-c5ccccc5)c5c(c6ccccc6n5-c5ccccc5)c3n4-c3ccccc3)n2)cc1. The van der Waals surface area contributed by atoms with E-state index in [4.69, 9.17) is 9.97 Å². The van der Waals surface area contributed by atoms with Crippen LogP contribution in [0.1, 0.15) is 0 Å². The molecule has 13 rings (SSSR count). The van der Waals surface area contributed by atoms with Crippen LogP contribution in [0.5, 0.6) is 0 Å². The van der Waals surface area contributed by atoms with Crippen LogP contribution in [0.3, 0.4) is 0 Å². The zero-order chi connectivity index (χ0) is 41.4. The molecule has 0 aliphatic heterocycles. The van der Waals surface area contributed by atoms with Gasteiger partial charge in [-0.15, -0.1) is 0 Å². The van der Waals surface area contributed by atoms with E-state index in [-0.39, 0.29) is 0 Å². The van der Waals surface area contributed by atoms with E-state index in [0.717, 1.165) is 78.1 Å². The Hall–Kier alpha value is -8.54. The molecule has 0 atom stereocenters. The highest BCUT2D eigenvalue weighted by Crippen LogP contribution is 2.50. The van der Waals surface area contributed by atoms with Crippen LogP contribution in [0.2, 0.25) is 0 Å². The predicted molar refractivity (Wildman–Crippen MR) is 261 cm³/mol. The quantitative estimate of drug-likeness (QED) is 0.168. The van der Waals surface area contributed by atoms with Gasteiger partial charge in [0.2, 0.25) is 0 Å². The number of rotatable bonds is 6. The zero-order valence-corrected chi connectivity index (χ0v) is 34.1. The summed E-state index contributed by atoms with van der Waals surface area (Å²) in [6.07, 6.45) is 0. The van der Waals surface area contributed by atoms with E-state index in [1.807, 2.05) is 12.1 Å². The molecule has 0 bridgehead atoms. The predicted octanol–water partition coefficient (Wildman–Crippen LogP) is 14.8. The maximum absolute atomic E-state index is 5.31. The third kappa shape index (κ3) is 5.36. The fraction of sp³-hybridized carbons (Fsp3) is 0. The van der Waals surface area contributed by atoms with Crippen molar-refractivity contribution in [1.29, 1.82) is 0 Å². The highest BCUT2D eigenvalue weighted by Gasteiger charge is 2.29. The first kappa shape index (κ1) is 35.2. The summed E-state index contributed by atoms with van der Waals surface area (Å²) in [6, 6.07) is 80.0. The van der Waals surface area contributed by atoms with Crippen molar-refractivity contribution in [3.05, 3.63) is 224 Å². The minimum absolute atomic E-state index is 0.680. The van der Waals surface area contributed by atoms with Crippen molar-refractivity contribution in [2.45, 2.75) is 0 Å². The standard InChI is InChI=1S/C58H37N5/c1-6-20-38(21-7-1)47-37-48(39-22-8-2-9-23-39)60-58(59-47)40-34-35-51-46(36-40)54-56-52(45-31-17-19-33-50(45)62(56)42-26-12-4-13-27-42)55-53(57(54)63(51)43-28-14-5-15-29-43)44-30-16-18-32-49(44)61(55)41-24-10-3-11-25-41/h1-37H. The van der Waals surface area contributed by atoms with Crippen molar-refractivity contribution in [3.8, 4) is 51.0 Å². The average molecular weight is 804 g/mol. The number of benzene rings is 9. The maximum atomic E-state index is 5.31. The lowest BCUT2D eigenvalue weighted by Gasteiger charge is -2.13.